The minimum Gasteiger partial charge on any atom is -0.451 e. The number of amides is 4. The third kappa shape index (κ3) is 4.03. The van der Waals surface area contributed by atoms with E-state index in [9.17, 15) is 19.2 Å². The molecule has 0 aliphatic carbocycles. The van der Waals surface area contributed by atoms with Gasteiger partial charge in [0.2, 0.25) is 0 Å². The molecule has 0 spiro atoms. The molecule has 8 heteroatoms. The molecule has 0 saturated carbocycles. The third-order valence-electron chi connectivity index (χ3n) is 4.99. The highest BCUT2D eigenvalue weighted by atomic mass is 16.5. The molecule has 156 valence electrons. The second kappa shape index (κ2) is 8.36. The molecule has 0 unspecified atom stereocenters. The Morgan fingerprint density at radius 1 is 1.23 bits per heavy atom. The van der Waals surface area contributed by atoms with Crippen LogP contribution in [-0.2, 0) is 24.7 Å². The van der Waals surface area contributed by atoms with E-state index in [-0.39, 0.29) is 6.54 Å². The lowest BCUT2D eigenvalue weighted by molar-refractivity contribution is -0.156. The van der Waals surface area contributed by atoms with Crippen LogP contribution in [0.4, 0.5) is 4.79 Å². The van der Waals surface area contributed by atoms with Crippen molar-refractivity contribution in [1.29, 1.82) is 0 Å². The molecule has 0 bridgehead atoms. The largest absolute Gasteiger partial charge is 0.451 e. The highest BCUT2D eigenvalue weighted by Crippen LogP contribution is 2.31. The summed E-state index contributed by atoms with van der Waals surface area (Å²) in [7, 11) is 0. The summed E-state index contributed by atoms with van der Waals surface area (Å²) in [5, 5.41) is 7.10. The molecule has 1 aliphatic heterocycles. The second-order valence-corrected chi connectivity index (χ2v) is 7.17. The first-order valence-corrected chi connectivity index (χ1v) is 9.47. The predicted octanol–water partition coefficient (Wildman–Crippen LogP) is 1.84. The molecule has 1 aliphatic rings. The Morgan fingerprint density at radius 2 is 1.93 bits per heavy atom. The summed E-state index contributed by atoms with van der Waals surface area (Å²) in [4.78, 5) is 50.2. The van der Waals surface area contributed by atoms with Crippen molar-refractivity contribution in [1.82, 2.24) is 15.5 Å². The van der Waals surface area contributed by atoms with Gasteiger partial charge in [-0.15, -0.1) is 6.58 Å². The predicted molar refractivity (Wildman–Crippen MR) is 110 cm³/mol. The zero-order chi connectivity index (χ0) is 21.9. The van der Waals surface area contributed by atoms with Crippen LogP contribution in [0.25, 0.3) is 10.8 Å². The molecule has 0 aromatic heterocycles. The van der Waals surface area contributed by atoms with Crippen molar-refractivity contribution >= 4 is 34.6 Å². The Hall–Kier alpha value is -3.68. The maximum Gasteiger partial charge on any atom is 0.327 e. The monoisotopic (exact) mass is 409 g/mol. The van der Waals surface area contributed by atoms with Gasteiger partial charge in [-0.3, -0.25) is 19.3 Å². The highest BCUT2D eigenvalue weighted by molar-refractivity contribution is 6.09. The molecule has 8 nitrogen and oxygen atoms in total. The van der Waals surface area contributed by atoms with Gasteiger partial charge >= 0.3 is 12.0 Å². The summed E-state index contributed by atoms with van der Waals surface area (Å²) in [6.45, 7) is 6.12. The number of fused-ring (bicyclic) bond motifs is 1. The molecule has 2 aromatic rings. The fourth-order valence-corrected chi connectivity index (χ4v) is 3.27. The number of hydrogen-bond acceptors (Lipinski definition) is 5. The molecule has 2 atom stereocenters. The van der Waals surface area contributed by atoms with E-state index in [0.717, 1.165) is 15.7 Å². The molecular weight excluding hydrogens is 386 g/mol. The smallest absolute Gasteiger partial charge is 0.327 e. The van der Waals surface area contributed by atoms with Gasteiger partial charge in [0.15, 0.2) is 6.10 Å². The summed E-state index contributed by atoms with van der Waals surface area (Å²) in [5.41, 5.74) is -0.707. The van der Waals surface area contributed by atoms with E-state index < -0.39 is 42.0 Å². The lowest BCUT2D eigenvalue weighted by atomic mass is 9.90. The maximum absolute atomic E-state index is 13.0. The summed E-state index contributed by atoms with van der Waals surface area (Å²) in [6, 6.07) is 12.4. The quantitative estimate of drug-likeness (QED) is 0.413. The number of imide groups is 1. The van der Waals surface area contributed by atoms with E-state index in [1.54, 1.807) is 13.0 Å². The van der Waals surface area contributed by atoms with Crippen LogP contribution >= 0.6 is 0 Å². The lowest BCUT2D eigenvalue weighted by Crippen LogP contribution is -2.42. The number of ether oxygens (including phenoxy) is 1. The number of rotatable bonds is 7. The van der Waals surface area contributed by atoms with Crippen molar-refractivity contribution in [3.8, 4) is 0 Å². The lowest BCUT2D eigenvalue weighted by Gasteiger charge is -2.22. The van der Waals surface area contributed by atoms with E-state index >= 15 is 0 Å². The number of hydrogen-bond donors (Lipinski definition) is 2. The normalized spacial score (nSPS) is 19.3. The number of carbonyl (C=O) groups excluding carboxylic acids is 4. The Bertz CT molecular complexity index is 1030. The standard InChI is InChI=1S/C22H23N3O5/c1-4-11-23-19(27)14(2)30-18(26)13-25-20(28)22(3,24-21(25)29)17-10-9-15-7-5-6-8-16(15)12-17/h4-10,12,14H,1,11,13H2,2-3H3,(H,23,27)(H,24,29)/t14-,22+/m0/s1. The molecule has 2 N–H and O–H groups in total. The first kappa shape index (κ1) is 21.0. The molecule has 1 fully saturated rings. The van der Waals surface area contributed by atoms with Crippen molar-refractivity contribution in [2.75, 3.05) is 13.1 Å². The van der Waals surface area contributed by atoms with Gasteiger partial charge < -0.3 is 15.4 Å². The minimum absolute atomic E-state index is 0.234. The number of nitrogens with zero attached hydrogens (tertiary/aromatic N) is 1. The van der Waals surface area contributed by atoms with Gasteiger partial charge in [0.25, 0.3) is 11.8 Å². The number of benzene rings is 2. The molecule has 30 heavy (non-hydrogen) atoms. The average Bonchev–Trinajstić information content (AvgIpc) is 2.95. The van der Waals surface area contributed by atoms with E-state index in [1.165, 1.54) is 13.0 Å². The summed E-state index contributed by atoms with van der Waals surface area (Å²) < 4.78 is 5.04. The van der Waals surface area contributed by atoms with Crippen LogP contribution in [0.15, 0.2) is 55.1 Å². The van der Waals surface area contributed by atoms with Crippen LogP contribution in [0, 0.1) is 0 Å². The summed E-state index contributed by atoms with van der Waals surface area (Å²) in [5.74, 6) is -1.92. The van der Waals surface area contributed by atoms with Crippen molar-refractivity contribution in [3.05, 3.63) is 60.7 Å². The van der Waals surface area contributed by atoms with E-state index in [0.29, 0.717) is 5.56 Å². The van der Waals surface area contributed by atoms with Crippen LogP contribution in [0.3, 0.4) is 0 Å². The van der Waals surface area contributed by atoms with Gasteiger partial charge in [0, 0.05) is 6.54 Å². The number of urea groups is 1. The topological polar surface area (TPSA) is 105 Å². The van der Waals surface area contributed by atoms with Gasteiger partial charge in [0.1, 0.15) is 12.1 Å². The molecule has 2 aromatic carbocycles. The van der Waals surface area contributed by atoms with Gasteiger partial charge in [-0.1, -0.05) is 42.5 Å². The fraction of sp³-hybridized carbons (Fsp3) is 0.273. The number of nitrogens with one attached hydrogen (secondary N) is 2. The fourth-order valence-electron chi connectivity index (χ4n) is 3.27. The first-order valence-electron chi connectivity index (χ1n) is 9.47. The zero-order valence-electron chi connectivity index (χ0n) is 16.8. The van der Waals surface area contributed by atoms with E-state index in [2.05, 4.69) is 17.2 Å². The van der Waals surface area contributed by atoms with Crippen LogP contribution in [0.5, 0.6) is 0 Å². The van der Waals surface area contributed by atoms with Crippen LogP contribution in [0.1, 0.15) is 19.4 Å². The van der Waals surface area contributed by atoms with Crippen LogP contribution in [-0.4, -0.2) is 47.9 Å². The number of esters is 1. The molecule has 0 radical (unpaired) electrons. The Labute approximate surface area is 173 Å². The van der Waals surface area contributed by atoms with Crippen LogP contribution < -0.4 is 10.6 Å². The minimum atomic E-state index is -1.31. The SMILES string of the molecule is C=CCNC(=O)[C@H](C)OC(=O)CN1C(=O)N[C@](C)(c2ccc3ccccc3c2)C1=O. The maximum atomic E-state index is 13.0. The summed E-state index contributed by atoms with van der Waals surface area (Å²) >= 11 is 0. The van der Waals surface area contributed by atoms with Crippen LogP contribution in [0.2, 0.25) is 0 Å². The van der Waals surface area contributed by atoms with E-state index in [1.807, 2.05) is 36.4 Å². The Morgan fingerprint density at radius 3 is 2.63 bits per heavy atom. The molecule has 3 rings (SSSR count). The van der Waals surface area contributed by atoms with Gasteiger partial charge in [-0.2, -0.15) is 0 Å². The van der Waals surface area contributed by atoms with Crippen molar-refractivity contribution in [2.24, 2.45) is 0 Å². The van der Waals surface area contributed by atoms with Gasteiger partial charge in [-0.05, 0) is 36.2 Å². The van der Waals surface area contributed by atoms with Crippen molar-refractivity contribution in [3.63, 3.8) is 0 Å². The molecule has 4 amide bonds. The number of carbonyl (C=O) groups is 4. The van der Waals surface area contributed by atoms with E-state index in [4.69, 9.17) is 4.74 Å². The van der Waals surface area contributed by atoms with Crippen molar-refractivity contribution in [2.45, 2.75) is 25.5 Å². The molecule has 1 heterocycles. The first-order chi connectivity index (χ1) is 14.3. The van der Waals surface area contributed by atoms with Gasteiger partial charge in [-0.25, -0.2) is 4.79 Å². The molecule has 1 saturated heterocycles. The zero-order valence-corrected chi connectivity index (χ0v) is 16.8. The highest BCUT2D eigenvalue weighted by Gasteiger charge is 2.49. The Balaban J connectivity index is 1.72. The summed E-state index contributed by atoms with van der Waals surface area (Å²) in [6.07, 6.45) is 0.429. The molecular formula is C22H23N3O5. The van der Waals surface area contributed by atoms with Gasteiger partial charge in [0.05, 0.1) is 0 Å². The Kier molecular flexibility index (Phi) is 5.86. The second-order valence-electron chi connectivity index (χ2n) is 7.17. The third-order valence-corrected chi connectivity index (χ3v) is 4.99. The van der Waals surface area contributed by atoms with Crippen molar-refractivity contribution < 1.29 is 23.9 Å². The average molecular weight is 409 g/mol.